The van der Waals surface area contributed by atoms with Gasteiger partial charge < -0.3 is 16.4 Å². The molecule has 112 valence electrons. The lowest BCUT2D eigenvalue weighted by molar-refractivity contribution is 0.103. The molecule has 1 aromatic carbocycles. The van der Waals surface area contributed by atoms with E-state index in [9.17, 15) is 4.79 Å². The van der Waals surface area contributed by atoms with E-state index in [1.165, 1.54) is 11.3 Å². The first-order valence-corrected chi connectivity index (χ1v) is 7.73. The number of nitrogens with two attached hydrogens (primary N) is 1. The molecule has 0 aliphatic rings. The topological polar surface area (TPSA) is 80.0 Å². The zero-order valence-electron chi connectivity index (χ0n) is 11.4. The van der Waals surface area contributed by atoms with Crippen LogP contribution in [0.15, 0.2) is 18.2 Å². The zero-order valence-corrected chi connectivity index (χ0v) is 13.7. The molecule has 1 aromatic heterocycles. The van der Waals surface area contributed by atoms with E-state index >= 15 is 0 Å². The average Bonchev–Trinajstić information content (AvgIpc) is 2.74. The molecule has 0 bridgehead atoms. The molecule has 0 atom stereocenters. The van der Waals surface area contributed by atoms with Gasteiger partial charge in [0, 0.05) is 11.1 Å². The second-order valence-electron chi connectivity index (χ2n) is 4.61. The molecular formula is C13H14Cl2N4OS. The minimum Gasteiger partial charge on any atom is -0.382 e. The Labute approximate surface area is 136 Å². The number of anilines is 3. The first kappa shape index (κ1) is 15.9. The highest BCUT2D eigenvalue weighted by molar-refractivity contribution is 7.18. The number of thiazole rings is 1. The van der Waals surface area contributed by atoms with Gasteiger partial charge in [-0.05, 0) is 32.0 Å². The Morgan fingerprint density at radius 3 is 2.76 bits per heavy atom. The van der Waals surface area contributed by atoms with Gasteiger partial charge in [0.1, 0.15) is 10.7 Å². The smallest absolute Gasteiger partial charge is 0.269 e. The second kappa shape index (κ2) is 6.51. The maximum Gasteiger partial charge on any atom is 0.269 e. The van der Waals surface area contributed by atoms with Gasteiger partial charge >= 0.3 is 0 Å². The Balaban J connectivity index is 2.20. The molecule has 2 aromatic rings. The molecule has 0 saturated heterocycles. The number of carbonyl (C=O) groups excluding carboxylic acids is 1. The minimum atomic E-state index is -0.369. The molecule has 0 unspecified atom stereocenters. The molecule has 1 heterocycles. The van der Waals surface area contributed by atoms with E-state index in [0.29, 0.717) is 25.7 Å². The van der Waals surface area contributed by atoms with Crippen LogP contribution in [0.5, 0.6) is 0 Å². The molecule has 5 nitrogen and oxygen atoms in total. The van der Waals surface area contributed by atoms with E-state index in [1.807, 2.05) is 13.8 Å². The summed E-state index contributed by atoms with van der Waals surface area (Å²) in [6, 6.07) is 5.03. The molecule has 0 saturated carbocycles. The van der Waals surface area contributed by atoms with Crippen molar-refractivity contribution in [1.82, 2.24) is 4.98 Å². The van der Waals surface area contributed by atoms with Gasteiger partial charge in [0.15, 0.2) is 5.13 Å². The third-order valence-corrected chi connectivity index (χ3v) is 4.01. The number of nitrogens with one attached hydrogen (secondary N) is 2. The maximum atomic E-state index is 12.2. The van der Waals surface area contributed by atoms with Crippen LogP contribution in [0, 0.1) is 0 Å². The van der Waals surface area contributed by atoms with Crippen molar-refractivity contribution < 1.29 is 4.79 Å². The molecule has 1 amide bonds. The summed E-state index contributed by atoms with van der Waals surface area (Å²) < 4.78 is 0. The third kappa shape index (κ3) is 4.00. The minimum absolute atomic E-state index is 0.179. The van der Waals surface area contributed by atoms with Crippen molar-refractivity contribution in [2.75, 3.05) is 16.4 Å². The van der Waals surface area contributed by atoms with E-state index in [0.717, 1.165) is 0 Å². The summed E-state index contributed by atoms with van der Waals surface area (Å²) in [4.78, 5) is 16.7. The quantitative estimate of drug-likeness (QED) is 0.779. The fourth-order valence-electron chi connectivity index (χ4n) is 1.58. The number of nitrogen functional groups attached to an aromatic ring is 1. The Hall–Kier alpha value is -1.50. The SMILES string of the molecule is CC(C)Nc1nc(N)c(C(=O)Nc2cc(Cl)ccc2Cl)s1. The van der Waals surface area contributed by atoms with Gasteiger partial charge in [-0.3, -0.25) is 4.79 Å². The Kier molecular flexibility index (Phi) is 4.92. The fourth-order valence-corrected chi connectivity index (χ4v) is 2.84. The predicted molar refractivity (Wildman–Crippen MR) is 89.7 cm³/mol. The lowest BCUT2D eigenvalue weighted by Crippen LogP contribution is -2.12. The Morgan fingerprint density at radius 1 is 1.38 bits per heavy atom. The number of aromatic nitrogens is 1. The van der Waals surface area contributed by atoms with Crippen LogP contribution in [0.1, 0.15) is 23.5 Å². The van der Waals surface area contributed by atoms with Crippen molar-refractivity contribution in [3.63, 3.8) is 0 Å². The molecule has 21 heavy (non-hydrogen) atoms. The largest absolute Gasteiger partial charge is 0.382 e. The summed E-state index contributed by atoms with van der Waals surface area (Å²) in [7, 11) is 0. The molecule has 0 radical (unpaired) electrons. The Morgan fingerprint density at radius 2 is 2.10 bits per heavy atom. The number of hydrogen-bond acceptors (Lipinski definition) is 5. The summed E-state index contributed by atoms with van der Waals surface area (Å²) in [5, 5.41) is 7.27. The summed E-state index contributed by atoms with van der Waals surface area (Å²) >= 11 is 13.1. The van der Waals surface area contributed by atoms with E-state index in [2.05, 4.69) is 15.6 Å². The van der Waals surface area contributed by atoms with Gasteiger partial charge in [-0.2, -0.15) is 0 Å². The number of carbonyl (C=O) groups is 1. The maximum absolute atomic E-state index is 12.2. The average molecular weight is 345 g/mol. The second-order valence-corrected chi connectivity index (χ2v) is 6.45. The molecular weight excluding hydrogens is 331 g/mol. The molecule has 4 N–H and O–H groups in total. The molecule has 0 spiro atoms. The van der Waals surface area contributed by atoms with Crippen LogP contribution >= 0.6 is 34.5 Å². The van der Waals surface area contributed by atoms with E-state index in [4.69, 9.17) is 28.9 Å². The lowest BCUT2D eigenvalue weighted by Gasteiger charge is -2.06. The van der Waals surface area contributed by atoms with Crippen molar-refractivity contribution in [2.45, 2.75) is 19.9 Å². The van der Waals surface area contributed by atoms with E-state index in [1.54, 1.807) is 18.2 Å². The number of benzene rings is 1. The van der Waals surface area contributed by atoms with Gasteiger partial charge in [0.25, 0.3) is 5.91 Å². The van der Waals surface area contributed by atoms with Crippen molar-refractivity contribution in [3.05, 3.63) is 33.1 Å². The highest BCUT2D eigenvalue weighted by Crippen LogP contribution is 2.29. The number of hydrogen-bond donors (Lipinski definition) is 3. The zero-order chi connectivity index (χ0) is 15.6. The molecule has 8 heteroatoms. The molecule has 0 aliphatic heterocycles. The highest BCUT2D eigenvalue weighted by Gasteiger charge is 2.17. The van der Waals surface area contributed by atoms with Crippen LogP contribution in [0.4, 0.5) is 16.6 Å². The van der Waals surface area contributed by atoms with Crippen LogP contribution in [0.3, 0.4) is 0 Å². The predicted octanol–water partition coefficient (Wildman–Crippen LogP) is 4.10. The molecule has 0 fully saturated rings. The normalized spacial score (nSPS) is 10.7. The molecule has 2 rings (SSSR count). The van der Waals surface area contributed by atoms with Crippen LogP contribution in [-0.2, 0) is 0 Å². The van der Waals surface area contributed by atoms with Gasteiger partial charge in [0.05, 0.1) is 10.7 Å². The number of rotatable bonds is 4. The number of amides is 1. The van der Waals surface area contributed by atoms with Gasteiger partial charge in [-0.15, -0.1) is 0 Å². The lowest BCUT2D eigenvalue weighted by atomic mass is 10.3. The summed E-state index contributed by atoms with van der Waals surface area (Å²) in [5.74, 6) is -0.190. The van der Waals surface area contributed by atoms with Crippen molar-refractivity contribution in [3.8, 4) is 0 Å². The standard InChI is InChI=1S/C13H14Cl2N4OS/c1-6(2)17-13-19-11(16)10(21-13)12(20)18-9-5-7(14)3-4-8(9)15/h3-6H,16H2,1-2H3,(H,17,19)(H,18,20). The monoisotopic (exact) mass is 344 g/mol. The molecule has 0 aliphatic carbocycles. The van der Waals surface area contributed by atoms with Crippen LogP contribution in [-0.4, -0.2) is 16.9 Å². The van der Waals surface area contributed by atoms with E-state index < -0.39 is 0 Å². The van der Waals surface area contributed by atoms with Crippen LogP contribution < -0.4 is 16.4 Å². The first-order valence-electron chi connectivity index (χ1n) is 6.16. The summed E-state index contributed by atoms with van der Waals surface area (Å²) in [5.41, 5.74) is 6.21. The Bertz CT molecular complexity index is 672. The fraction of sp³-hybridized carbons (Fsp3) is 0.231. The number of halogens is 2. The van der Waals surface area contributed by atoms with Gasteiger partial charge in [-0.1, -0.05) is 34.5 Å². The first-order chi connectivity index (χ1) is 9.86. The van der Waals surface area contributed by atoms with Gasteiger partial charge in [0.2, 0.25) is 0 Å². The van der Waals surface area contributed by atoms with Crippen molar-refractivity contribution >= 4 is 57.1 Å². The van der Waals surface area contributed by atoms with Crippen molar-refractivity contribution in [2.24, 2.45) is 0 Å². The summed E-state index contributed by atoms with van der Waals surface area (Å²) in [6.07, 6.45) is 0. The summed E-state index contributed by atoms with van der Waals surface area (Å²) in [6.45, 7) is 3.95. The van der Waals surface area contributed by atoms with Crippen molar-refractivity contribution in [1.29, 1.82) is 0 Å². The van der Waals surface area contributed by atoms with Crippen LogP contribution in [0.25, 0.3) is 0 Å². The number of nitrogens with zero attached hydrogens (tertiary/aromatic N) is 1. The third-order valence-electron chi connectivity index (χ3n) is 2.45. The van der Waals surface area contributed by atoms with Crippen LogP contribution in [0.2, 0.25) is 10.0 Å². The highest BCUT2D eigenvalue weighted by atomic mass is 35.5. The van der Waals surface area contributed by atoms with Gasteiger partial charge in [-0.25, -0.2) is 4.98 Å². The van der Waals surface area contributed by atoms with E-state index in [-0.39, 0.29) is 17.8 Å².